The Morgan fingerprint density at radius 3 is 2.61 bits per heavy atom. The van der Waals surface area contributed by atoms with Gasteiger partial charge in [0.25, 0.3) is 0 Å². The van der Waals surface area contributed by atoms with E-state index >= 15 is 0 Å². The van der Waals surface area contributed by atoms with Gasteiger partial charge in [0.15, 0.2) is 5.69 Å². The van der Waals surface area contributed by atoms with Crippen molar-refractivity contribution in [3.8, 4) is 22.9 Å². The zero-order valence-electron chi connectivity index (χ0n) is 19.4. The maximum Gasteiger partial charge on any atom is 0.361 e. The number of carbonyl (C=O) groups excluding carboxylic acids is 1. The number of benzene rings is 2. The van der Waals surface area contributed by atoms with Gasteiger partial charge in [-0.25, -0.2) is 14.5 Å². The minimum absolute atomic E-state index is 0.0408. The molecule has 4 aromatic rings. The lowest BCUT2D eigenvalue weighted by atomic mass is 10.1. The minimum atomic E-state index is -0.568. The normalized spacial score (nSPS) is 10.9. The molecule has 8 nitrogen and oxygen atoms in total. The van der Waals surface area contributed by atoms with Crippen LogP contribution in [0.1, 0.15) is 45.7 Å². The quantitative estimate of drug-likeness (QED) is 0.372. The number of ether oxygens (including phenoxy) is 2. The van der Waals surface area contributed by atoms with E-state index in [1.54, 1.807) is 18.5 Å². The van der Waals surface area contributed by atoms with Crippen LogP contribution < -0.4 is 4.74 Å². The Hall–Kier alpha value is -3.94. The molecule has 0 atom stereocenters. The zero-order valence-corrected chi connectivity index (χ0v) is 19.4. The largest absolute Gasteiger partial charge is 0.493 e. The van der Waals surface area contributed by atoms with Crippen LogP contribution in [0.5, 0.6) is 5.75 Å². The number of hydrogen-bond donors (Lipinski definition) is 0. The van der Waals surface area contributed by atoms with Crippen molar-refractivity contribution in [2.45, 2.75) is 41.2 Å². The molecule has 0 saturated heterocycles. The Morgan fingerprint density at radius 1 is 1.06 bits per heavy atom. The molecule has 0 spiro atoms. The van der Waals surface area contributed by atoms with Gasteiger partial charge in [0.05, 0.1) is 23.6 Å². The summed E-state index contributed by atoms with van der Waals surface area (Å²) in [6.45, 7) is 10.1. The average Bonchev–Trinajstić information content (AvgIpc) is 3.37. The smallest absolute Gasteiger partial charge is 0.361 e. The average molecular weight is 447 g/mol. The Balaban J connectivity index is 1.50. The molecule has 0 saturated carbocycles. The van der Waals surface area contributed by atoms with E-state index in [1.165, 1.54) is 5.56 Å². The number of hydrogen-bond acceptors (Lipinski definition) is 7. The van der Waals surface area contributed by atoms with E-state index in [0.29, 0.717) is 35.4 Å². The minimum Gasteiger partial charge on any atom is -0.493 e. The number of aromatic nitrogens is 4. The SMILES string of the molecule is CCOc1ccccc1-c1nc(COC(=O)c2nnn(-c3ccc(C)c(C)c3)c2C)c(C)o1. The highest BCUT2D eigenvalue weighted by Crippen LogP contribution is 2.30. The molecule has 2 aromatic heterocycles. The maximum atomic E-state index is 12.7. The van der Waals surface area contributed by atoms with Crippen LogP contribution in [0.2, 0.25) is 0 Å². The van der Waals surface area contributed by atoms with Gasteiger partial charge in [-0.1, -0.05) is 23.4 Å². The predicted molar refractivity (Wildman–Crippen MR) is 123 cm³/mol. The molecule has 0 aliphatic carbocycles. The van der Waals surface area contributed by atoms with E-state index < -0.39 is 5.97 Å². The third-order valence-corrected chi connectivity index (χ3v) is 5.47. The summed E-state index contributed by atoms with van der Waals surface area (Å²) in [6, 6.07) is 13.5. The summed E-state index contributed by atoms with van der Waals surface area (Å²) in [5, 5.41) is 8.18. The van der Waals surface area contributed by atoms with E-state index in [4.69, 9.17) is 13.9 Å². The molecule has 170 valence electrons. The molecule has 0 unspecified atom stereocenters. The molecule has 2 heterocycles. The molecule has 0 amide bonds. The fourth-order valence-electron chi connectivity index (χ4n) is 3.42. The summed E-state index contributed by atoms with van der Waals surface area (Å²) >= 11 is 0. The van der Waals surface area contributed by atoms with Crippen molar-refractivity contribution in [3.63, 3.8) is 0 Å². The number of carbonyl (C=O) groups is 1. The Morgan fingerprint density at radius 2 is 1.85 bits per heavy atom. The van der Waals surface area contributed by atoms with Gasteiger partial charge in [-0.2, -0.15) is 0 Å². The maximum absolute atomic E-state index is 12.7. The Kier molecular flexibility index (Phi) is 6.26. The molecular formula is C25H26N4O4. The zero-order chi connectivity index (χ0) is 23.5. The van der Waals surface area contributed by atoms with Crippen LogP contribution in [-0.4, -0.2) is 32.6 Å². The second-order valence-electron chi connectivity index (χ2n) is 7.73. The summed E-state index contributed by atoms with van der Waals surface area (Å²) < 4.78 is 18.6. The van der Waals surface area contributed by atoms with E-state index in [1.807, 2.05) is 63.2 Å². The van der Waals surface area contributed by atoms with Gasteiger partial charge < -0.3 is 13.9 Å². The molecule has 33 heavy (non-hydrogen) atoms. The number of para-hydroxylation sites is 1. The summed E-state index contributed by atoms with van der Waals surface area (Å²) in [5.41, 5.74) is 5.20. The lowest BCUT2D eigenvalue weighted by molar-refractivity contribution is 0.0459. The van der Waals surface area contributed by atoms with Crippen LogP contribution in [0.25, 0.3) is 17.1 Å². The van der Waals surface area contributed by atoms with Crippen molar-refractivity contribution in [1.29, 1.82) is 0 Å². The Bertz CT molecular complexity index is 1310. The first-order chi connectivity index (χ1) is 15.9. The van der Waals surface area contributed by atoms with Gasteiger partial charge in [-0.15, -0.1) is 5.10 Å². The molecule has 4 rings (SSSR count). The summed E-state index contributed by atoms with van der Waals surface area (Å²) in [7, 11) is 0. The number of aryl methyl sites for hydroxylation is 3. The number of oxazole rings is 1. The van der Waals surface area contributed by atoms with E-state index in [0.717, 1.165) is 16.8 Å². The topological polar surface area (TPSA) is 92.3 Å². The van der Waals surface area contributed by atoms with Gasteiger partial charge in [0.2, 0.25) is 5.89 Å². The highest BCUT2D eigenvalue weighted by Gasteiger charge is 2.21. The first-order valence-electron chi connectivity index (χ1n) is 10.7. The fourth-order valence-corrected chi connectivity index (χ4v) is 3.42. The number of esters is 1. The summed E-state index contributed by atoms with van der Waals surface area (Å²) in [5.74, 6) is 1.10. The van der Waals surface area contributed by atoms with Crippen LogP contribution in [0.4, 0.5) is 0 Å². The second-order valence-corrected chi connectivity index (χ2v) is 7.73. The van der Waals surface area contributed by atoms with Crippen LogP contribution >= 0.6 is 0 Å². The molecule has 0 bridgehead atoms. The molecular weight excluding hydrogens is 420 g/mol. The highest BCUT2D eigenvalue weighted by atomic mass is 16.5. The molecule has 0 aliphatic rings. The van der Waals surface area contributed by atoms with Crippen molar-refractivity contribution in [1.82, 2.24) is 20.0 Å². The van der Waals surface area contributed by atoms with Crippen LogP contribution in [0, 0.1) is 27.7 Å². The molecule has 0 fully saturated rings. The van der Waals surface area contributed by atoms with E-state index in [2.05, 4.69) is 15.3 Å². The first-order valence-corrected chi connectivity index (χ1v) is 10.7. The first kappa shape index (κ1) is 22.3. The Labute approximate surface area is 192 Å². The lowest BCUT2D eigenvalue weighted by Crippen LogP contribution is -2.09. The van der Waals surface area contributed by atoms with E-state index in [9.17, 15) is 4.79 Å². The molecule has 0 radical (unpaired) electrons. The third-order valence-electron chi connectivity index (χ3n) is 5.47. The van der Waals surface area contributed by atoms with Gasteiger partial charge >= 0.3 is 5.97 Å². The van der Waals surface area contributed by atoms with Crippen LogP contribution in [0.15, 0.2) is 46.9 Å². The van der Waals surface area contributed by atoms with Gasteiger partial charge in [0.1, 0.15) is 23.8 Å². The molecule has 8 heteroatoms. The van der Waals surface area contributed by atoms with Crippen molar-refractivity contribution in [2.24, 2.45) is 0 Å². The standard InChI is InChI=1S/C25H26N4O4/c1-6-31-22-10-8-7-9-20(22)24-26-21(18(5)33-24)14-32-25(30)23-17(4)29(28-27-23)19-12-11-15(2)16(3)13-19/h7-13H,6,14H2,1-5H3. The highest BCUT2D eigenvalue weighted by molar-refractivity contribution is 5.88. The van der Waals surface area contributed by atoms with Gasteiger partial charge in [-0.05, 0) is 70.0 Å². The van der Waals surface area contributed by atoms with Crippen molar-refractivity contribution >= 4 is 5.97 Å². The van der Waals surface area contributed by atoms with Gasteiger partial charge in [0, 0.05) is 0 Å². The number of rotatable bonds is 7. The number of nitrogens with zero attached hydrogens (tertiary/aromatic N) is 4. The van der Waals surface area contributed by atoms with Gasteiger partial charge in [-0.3, -0.25) is 0 Å². The van der Waals surface area contributed by atoms with Crippen LogP contribution in [-0.2, 0) is 11.3 Å². The van der Waals surface area contributed by atoms with E-state index in [-0.39, 0.29) is 12.3 Å². The third kappa shape index (κ3) is 4.50. The summed E-state index contributed by atoms with van der Waals surface area (Å²) in [4.78, 5) is 17.2. The molecule has 2 aromatic carbocycles. The monoisotopic (exact) mass is 446 g/mol. The second kappa shape index (κ2) is 9.28. The van der Waals surface area contributed by atoms with Crippen molar-refractivity contribution < 1.29 is 18.7 Å². The molecule has 0 aliphatic heterocycles. The van der Waals surface area contributed by atoms with Crippen LogP contribution in [0.3, 0.4) is 0 Å². The predicted octanol–water partition coefficient (Wildman–Crippen LogP) is 4.91. The molecule has 0 N–H and O–H groups in total. The van der Waals surface area contributed by atoms with Crippen molar-refractivity contribution in [2.75, 3.05) is 6.61 Å². The van der Waals surface area contributed by atoms with Crippen molar-refractivity contribution in [3.05, 3.63) is 76.4 Å². The fraction of sp³-hybridized carbons (Fsp3) is 0.280. The lowest BCUT2D eigenvalue weighted by Gasteiger charge is -2.07. The summed E-state index contributed by atoms with van der Waals surface area (Å²) in [6.07, 6.45) is 0.